The SMILES string of the molecule is COc1ccc(OC2CCCN(C(=O)C3(c4ccccc4)CCOCC3)C2)nn1. The molecule has 3 heterocycles. The summed E-state index contributed by atoms with van der Waals surface area (Å²) in [4.78, 5) is 15.7. The van der Waals surface area contributed by atoms with Crippen LogP contribution in [0.1, 0.15) is 31.2 Å². The van der Waals surface area contributed by atoms with Crippen LogP contribution in [0.3, 0.4) is 0 Å². The van der Waals surface area contributed by atoms with Crippen LogP contribution in [0.5, 0.6) is 11.8 Å². The normalized spacial score (nSPS) is 21.4. The fourth-order valence-corrected chi connectivity index (χ4v) is 4.27. The molecule has 0 saturated carbocycles. The van der Waals surface area contributed by atoms with Gasteiger partial charge in [0.2, 0.25) is 17.7 Å². The molecule has 1 aromatic heterocycles. The minimum atomic E-state index is -0.513. The summed E-state index contributed by atoms with van der Waals surface area (Å²) in [6.45, 7) is 2.52. The molecule has 2 aromatic rings. The Labute approximate surface area is 171 Å². The number of aromatic nitrogens is 2. The number of methoxy groups -OCH3 is 1. The molecule has 7 heteroatoms. The number of hydrogen-bond acceptors (Lipinski definition) is 6. The van der Waals surface area contributed by atoms with Crippen molar-refractivity contribution < 1.29 is 19.0 Å². The highest BCUT2D eigenvalue weighted by molar-refractivity contribution is 5.88. The Hall–Kier alpha value is -2.67. The second kappa shape index (κ2) is 8.78. The molecule has 2 aliphatic heterocycles. The fraction of sp³-hybridized carbons (Fsp3) is 0.500. The molecule has 2 saturated heterocycles. The highest BCUT2D eigenvalue weighted by Crippen LogP contribution is 2.37. The Kier molecular flexibility index (Phi) is 5.94. The van der Waals surface area contributed by atoms with E-state index in [1.165, 1.54) is 0 Å². The average molecular weight is 397 g/mol. The maximum Gasteiger partial charge on any atom is 0.233 e. The van der Waals surface area contributed by atoms with Crippen molar-refractivity contribution in [3.05, 3.63) is 48.0 Å². The van der Waals surface area contributed by atoms with Crippen LogP contribution in [-0.4, -0.2) is 60.5 Å². The standard InChI is InChI=1S/C22H27N3O4/c1-27-19-9-10-20(24-23-19)29-18-8-5-13-25(16-18)21(26)22(11-14-28-15-12-22)17-6-3-2-4-7-17/h2-4,6-7,9-10,18H,5,8,11-16H2,1H3. The minimum Gasteiger partial charge on any atom is -0.480 e. The topological polar surface area (TPSA) is 73.8 Å². The average Bonchev–Trinajstić information content (AvgIpc) is 2.80. The van der Waals surface area contributed by atoms with E-state index in [2.05, 4.69) is 22.3 Å². The van der Waals surface area contributed by atoms with E-state index in [4.69, 9.17) is 14.2 Å². The molecule has 1 atom stereocenters. The number of nitrogens with zero attached hydrogens (tertiary/aromatic N) is 3. The van der Waals surface area contributed by atoms with Gasteiger partial charge in [-0.05, 0) is 31.2 Å². The summed E-state index contributed by atoms with van der Waals surface area (Å²) < 4.78 is 16.6. The Morgan fingerprint density at radius 2 is 1.83 bits per heavy atom. The van der Waals surface area contributed by atoms with Gasteiger partial charge >= 0.3 is 0 Å². The molecule has 2 fully saturated rings. The summed E-state index contributed by atoms with van der Waals surface area (Å²) in [7, 11) is 1.55. The van der Waals surface area contributed by atoms with Crippen LogP contribution in [0.4, 0.5) is 0 Å². The third-order valence-electron chi connectivity index (χ3n) is 5.86. The van der Waals surface area contributed by atoms with Gasteiger partial charge in [-0.2, -0.15) is 0 Å². The van der Waals surface area contributed by atoms with E-state index in [1.807, 2.05) is 23.1 Å². The van der Waals surface area contributed by atoms with Gasteiger partial charge in [-0.1, -0.05) is 30.3 Å². The lowest BCUT2D eigenvalue weighted by Gasteiger charge is -2.42. The first-order valence-corrected chi connectivity index (χ1v) is 10.2. The molecule has 7 nitrogen and oxygen atoms in total. The van der Waals surface area contributed by atoms with Gasteiger partial charge in [0.1, 0.15) is 6.10 Å². The number of amides is 1. The Bertz CT molecular complexity index is 807. The molecule has 1 unspecified atom stereocenters. The number of hydrogen-bond donors (Lipinski definition) is 0. The summed E-state index contributed by atoms with van der Waals surface area (Å²) in [6, 6.07) is 13.6. The van der Waals surface area contributed by atoms with E-state index in [0.29, 0.717) is 44.4 Å². The second-order valence-electron chi connectivity index (χ2n) is 7.61. The molecule has 1 aromatic carbocycles. The van der Waals surface area contributed by atoms with Crippen LogP contribution in [0.25, 0.3) is 0 Å². The van der Waals surface area contributed by atoms with Gasteiger partial charge in [-0.25, -0.2) is 0 Å². The van der Waals surface area contributed by atoms with E-state index >= 15 is 0 Å². The number of carbonyl (C=O) groups excluding carboxylic acids is 1. The van der Waals surface area contributed by atoms with Crippen LogP contribution in [-0.2, 0) is 14.9 Å². The number of ether oxygens (including phenoxy) is 3. The molecule has 154 valence electrons. The van der Waals surface area contributed by atoms with Crippen LogP contribution < -0.4 is 9.47 Å². The van der Waals surface area contributed by atoms with E-state index in [-0.39, 0.29) is 12.0 Å². The summed E-state index contributed by atoms with van der Waals surface area (Å²) in [5.41, 5.74) is 0.568. The summed E-state index contributed by atoms with van der Waals surface area (Å²) in [6.07, 6.45) is 3.12. The van der Waals surface area contributed by atoms with Crippen LogP contribution in [0.15, 0.2) is 42.5 Å². The highest BCUT2D eigenvalue weighted by Gasteiger charge is 2.45. The van der Waals surface area contributed by atoms with Crippen molar-refractivity contribution in [2.45, 2.75) is 37.2 Å². The fourth-order valence-electron chi connectivity index (χ4n) is 4.27. The molecule has 0 radical (unpaired) electrons. The van der Waals surface area contributed by atoms with Gasteiger partial charge in [0, 0.05) is 31.9 Å². The number of rotatable bonds is 5. The van der Waals surface area contributed by atoms with E-state index < -0.39 is 5.41 Å². The van der Waals surface area contributed by atoms with Gasteiger partial charge in [0.25, 0.3) is 0 Å². The smallest absolute Gasteiger partial charge is 0.233 e. The lowest BCUT2D eigenvalue weighted by Crippen LogP contribution is -2.54. The molecule has 1 amide bonds. The molecule has 0 aliphatic carbocycles. The quantitative estimate of drug-likeness (QED) is 0.772. The van der Waals surface area contributed by atoms with Gasteiger partial charge in [-0.15, -0.1) is 10.2 Å². The molecule has 0 spiro atoms. The van der Waals surface area contributed by atoms with Gasteiger partial charge in [-0.3, -0.25) is 4.79 Å². The summed E-state index contributed by atoms with van der Waals surface area (Å²) in [5, 5.41) is 8.00. The molecule has 29 heavy (non-hydrogen) atoms. The Balaban J connectivity index is 1.49. The van der Waals surface area contributed by atoms with Crippen molar-refractivity contribution in [2.75, 3.05) is 33.4 Å². The zero-order valence-electron chi connectivity index (χ0n) is 16.8. The molecular weight excluding hydrogens is 370 g/mol. The van der Waals surface area contributed by atoms with Gasteiger partial charge in [0.05, 0.1) is 19.1 Å². The summed E-state index contributed by atoms with van der Waals surface area (Å²) in [5.74, 6) is 1.08. The van der Waals surface area contributed by atoms with Crippen molar-refractivity contribution in [1.82, 2.24) is 15.1 Å². The predicted octanol–water partition coefficient (Wildman–Crippen LogP) is 2.60. The lowest BCUT2D eigenvalue weighted by atomic mass is 9.72. The Morgan fingerprint density at radius 1 is 1.10 bits per heavy atom. The van der Waals surface area contributed by atoms with Gasteiger partial charge < -0.3 is 19.1 Å². The van der Waals surface area contributed by atoms with Crippen molar-refractivity contribution in [3.63, 3.8) is 0 Å². The maximum absolute atomic E-state index is 13.7. The predicted molar refractivity (Wildman–Crippen MR) is 107 cm³/mol. The Morgan fingerprint density at radius 3 is 2.52 bits per heavy atom. The monoisotopic (exact) mass is 397 g/mol. The first-order valence-electron chi connectivity index (χ1n) is 10.2. The van der Waals surface area contributed by atoms with Crippen molar-refractivity contribution in [2.24, 2.45) is 0 Å². The molecule has 2 aliphatic rings. The van der Waals surface area contributed by atoms with Crippen molar-refractivity contribution in [3.8, 4) is 11.8 Å². The number of piperidine rings is 1. The second-order valence-corrected chi connectivity index (χ2v) is 7.61. The van der Waals surface area contributed by atoms with Gasteiger partial charge in [0.15, 0.2) is 0 Å². The third kappa shape index (κ3) is 4.19. The highest BCUT2D eigenvalue weighted by atomic mass is 16.5. The van der Waals surface area contributed by atoms with Crippen LogP contribution in [0.2, 0.25) is 0 Å². The maximum atomic E-state index is 13.7. The summed E-state index contributed by atoms with van der Waals surface area (Å²) >= 11 is 0. The van der Waals surface area contributed by atoms with E-state index in [9.17, 15) is 4.79 Å². The van der Waals surface area contributed by atoms with E-state index in [0.717, 1.165) is 24.9 Å². The molecular formula is C22H27N3O4. The first kappa shape index (κ1) is 19.6. The number of likely N-dealkylation sites (tertiary alicyclic amines) is 1. The van der Waals surface area contributed by atoms with Crippen LogP contribution >= 0.6 is 0 Å². The molecule has 0 bridgehead atoms. The zero-order chi connectivity index (χ0) is 20.1. The first-order chi connectivity index (χ1) is 14.2. The van der Waals surface area contributed by atoms with E-state index in [1.54, 1.807) is 19.2 Å². The lowest BCUT2D eigenvalue weighted by molar-refractivity contribution is -0.144. The zero-order valence-corrected chi connectivity index (χ0v) is 16.8. The number of carbonyl (C=O) groups is 1. The third-order valence-corrected chi connectivity index (χ3v) is 5.86. The largest absolute Gasteiger partial charge is 0.480 e. The number of benzene rings is 1. The van der Waals surface area contributed by atoms with Crippen molar-refractivity contribution in [1.29, 1.82) is 0 Å². The van der Waals surface area contributed by atoms with Crippen LogP contribution in [0, 0.1) is 0 Å². The molecule has 4 rings (SSSR count). The molecule has 0 N–H and O–H groups in total. The minimum absolute atomic E-state index is 0.0944. The van der Waals surface area contributed by atoms with Crippen molar-refractivity contribution >= 4 is 5.91 Å².